The van der Waals surface area contributed by atoms with Crippen molar-refractivity contribution in [2.45, 2.75) is 27.4 Å². The molecule has 0 saturated heterocycles. The van der Waals surface area contributed by atoms with Crippen LogP contribution in [0.4, 0.5) is 0 Å². The molecule has 0 spiro atoms. The molecule has 0 bridgehead atoms. The molecular weight excluding hydrogens is 244 g/mol. The molecule has 0 atom stereocenters. The van der Waals surface area contributed by atoms with Gasteiger partial charge >= 0.3 is 5.97 Å². The van der Waals surface area contributed by atoms with Crippen molar-refractivity contribution in [1.82, 2.24) is 0 Å². The third kappa shape index (κ3) is 2.57. The largest absolute Gasteiger partial charge is 0.496 e. The smallest absolute Gasteiger partial charge is 0.339 e. The topological polar surface area (TPSA) is 44.8 Å². The molecule has 1 heterocycles. The van der Waals surface area contributed by atoms with E-state index < -0.39 is 0 Å². The van der Waals surface area contributed by atoms with Crippen LogP contribution in [0, 0.1) is 6.92 Å². The Morgan fingerprint density at radius 1 is 1.47 bits per heavy atom. The van der Waals surface area contributed by atoms with Gasteiger partial charge in [-0.25, -0.2) is 4.79 Å². The molecule has 4 heteroatoms. The lowest BCUT2D eigenvalue weighted by Gasteiger charge is -2.14. The minimum atomic E-state index is -0.319. The average molecular weight is 262 g/mol. The number of carbonyl (C=O) groups is 1. The van der Waals surface area contributed by atoms with Gasteiger partial charge in [-0.2, -0.15) is 0 Å². The molecule has 1 aliphatic rings. The number of carbonyl (C=O) groups excluding carboxylic acids is 1. The van der Waals surface area contributed by atoms with Crippen LogP contribution >= 0.6 is 0 Å². The number of cyclic esters (lactones) is 1. The maximum absolute atomic E-state index is 11.6. The van der Waals surface area contributed by atoms with E-state index >= 15 is 0 Å². The second kappa shape index (κ2) is 5.34. The van der Waals surface area contributed by atoms with Crippen LogP contribution in [0.3, 0.4) is 0 Å². The quantitative estimate of drug-likeness (QED) is 0.618. The van der Waals surface area contributed by atoms with Crippen LogP contribution in [0.5, 0.6) is 11.5 Å². The van der Waals surface area contributed by atoms with Gasteiger partial charge in [0.25, 0.3) is 0 Å². The minimum Gasteiger partial charge on any atom is -0.496 e. The number of rotatable bonds is 4. The van der Waals surface area contributed by atoms with Crippen molar-refractivity contribution in [2.75, 3.05) is 13.7 Å². The number of fused-ring (bicyclic) bond motifs is 1. The highest BCUT2D eigenvalue weighted by atomic mass is 16.5. The molecule has 0 radical (unpaired) electrons. The molecule has 0 aromatic heterocycles. The predicted molar refractivity (Wildman–Crippen MR) is 71.8 cm³/mol. The van der Waals surface area contributed by atoms with E-state index in [1.807, 2.05) is 26.8 Å². The predicted octanol–water partition coefficient (Wildman–Crippen LogP) is 3.02. The third-order valence-corrected chi connectivity index (χ3v) is 3.09. The highest BCUT2D eigenvalue weighted by Crippen LogP contribution is 2.38. The van der Waals surface area contributed by atoms with Crippen LogP contribution in [0.1, 0.15) is 35.3 Å². The van der Waals surface area contributed by atoms with Crippen LogP contribution in [0.15, 0.2) is 17.7 Å². The average Bonchev–Trinajstić information content (AvgIpc) is 2.73. The van der Waals surface area contributed by atoms with Gasteiger partial charge in [0.15, 0.2) is 0 Å². The van der Waals surface area contributed by atoms with Crippen molar-refractivity contribution < 1.29 is 19.0 Å². The lowest BCUT2D eigenvalue weighted by molar-refractivity contribution is 0.0534. The fourth-order valence-corrected chi connectivity index (χ4v) is 2.03. The first kappa shape index (κ1) is 13.5. The lowest BCUT2D eigenvalue weighted by atomic mass is 10.0. The van der Waals surface area contributed by atoms with Gasteiger partial charge in [-0.15, -0.1) is 0 Å². The summed E-state index contributed by atoms with van der Waals surface area (Å²) in [5, 5.41) is 0. The van der Waals surface area contributed by atoms with E-state index in [4.69, 9.17) is 14.2 Å². The first-order valence-corrected chi connectivity index (χ1v) is 6.18. The van der Waals surface area contributed by atoms with Crippen LogP contribution < -0.4 is 9.47 Å². The zero-order valence-electron chi connectivity index (χ0n) is 11.7. The van der Waals surface area contributed by atoms with Gasteiger partial charge in [0, 0.05) is 11.1 Å². The van der Waals surface area contributed by atoms with Gasteiger partial charge in [0.2, 0.25) is 0 Å². The number of allylic oxidation sites excluding steroid dienone is 1. The first-order chi connectivity index (χ1) is 9.04. The van der Waals surface area contributed by atoms with Gasteiger partial charge in [-0.05, 0) is 32.9 Å². The van der Waals surface area contributed by atoms with Gasteiger partial charge in [0.1, 0.15) is 24.7 Å². The Hall–Kier alpha value is -1.97. The summed E-state index contributed by atoms with van der Waals surface area (Å²) in [7, 11) is 1.58. The van der Waals surface area contributed by atoms with Crippen molar-refractivity contribution in [3.8, 4) is 11.5 Å². The molecule has 0 unspecified atom stereocenters. The molecule has 1 aliphatic heterocycles. The minimum absolute atomic E-state index is 0.267. The van der Waals surface area contributed by atoms with Crippen molar-refractivity contribution in [3.05, 3.63) is 34.4 Å². The molecule has 0 N–H and O–H groups in total. The van der Waals surface area contributed by atoms with E-state index in [-0.39, 0.29) is 12.6 Å². The molecule has 102 valence electrons. The summed E-state index contributed by atoms with van der Waals surface area (Å²) in [4.78, 5) is 11.6. The molecule has 1 aromatic carbocycles. The molecule has 0 aliphatic carbocycles. The van der Waals surface area contributed by atoms with Gasteiger partial charge in [-0.3, -0.25) is 0 Å². The van der Waals surface area contributed by atoms with Crippen molar-refractivity contribution in [1.29, 1.82) is 0 Å². The molecule has 4 nitrogen and oxygen atoms in total. The molecular formula is C15H18O4. The Morgan fingerprint density at radius 2 is 2.21 bits per heavy atom. The third-order valence-electron chi connectivity index (χ3n) is 3.09. The van der Waals surface area contributed by atoms with Gasteiger partial charge < -0.3 is 14.2 Å². The van der Waals surface area contributed by atoms with Crippen LogP contribution in [0.2, 0.25) is 0 Å². The van der Waals surface area contributed by atoms with Crippen LogP contribution in [0.25, 0.3) is 0 Å². The summed E-state index contributed by atoms with van der Waals surface area (Å²) in [6.07, 6.45) is 1.99. The maximum Gasteiger partial charge on any atom is 0.339 e. The van der Waals surface area contributed by atoms with Crippen molar-refractivity contribution in [2.24, 2.45) is 0 Å². The van der Waals surface area contributed by atoms with Crippen molar-refractivity contribution in [3.63, 3.8) is 0 Å². The molecule has 2 rings (SSSR count). The van der Waals surface area contributed by atoms with Crippen molar-refractivity contribution >= 4 is 5.97 Å². The summed E-state index contributed by atoms with van der Waals surface area (Å²) in [6.45, 7) is 6.68. The Kier molecular flexibility index (Phi) is 3.79. The lowest BCUT2D eigenvalue weighted by Crippen LogP contribution is -2.03. The van der Waals surface area contributed by atoms with E-state index in [1.165, 1.54) is 5.57 Å². The van der Waals surface area contributed by atoms with Gasteiger partial charge in [0.05, 0.1) is 12.7 Å². The summed E-state index contributed by atoms with van der Waals surface area (Å²) >= 11 is 0. The normalized spacial score (nSPS) is 12.7. The summed E-state index contributed by atoms with van der Waals surface area (Å²) < 4.78 is 16.1. The Bertz CT molecular complexity index is 540. The zero-order chi connectivity index (χ0) is 14.0. The second-order valence-electron chi connectivity index (χ2n) is 4.73. The monoisotopic (exact) mass is 262 g/mol. The molecule has 0 fully saturated rings. The van der Waals surface area contributed by atoms with Crippen LogP contribution in [-0.4, -0.2) is 19.7 Å². The molecule has 1 aromatic rings. The van der Waals surface area contributed by atoms with E-state index in [1.54, 1.807) is 13.2 Å². The zero-order valence-corrected chi connectivity index (χ0v) is 11.7. The Morgan fingerprint density at radius 3 is 2.84 bits per heavy atom. The second-order valence-corrected chi connectivity index (χ2v) is 4.73. The SMILES string of the molecule is COc1cc2c(c(OCC=C(C)C)c1C)COC2=O. The number of ether oxygens (including phenoxy) is 3. The fourth-order valence-electron chi connectivity index (χ4n) is 2.03. The Labute approximate surface area is 113 Å². The standard InChI is InChI=1S/C15H18O4/c1-9(2)5-6-18-14-10(3)13(17-4)7-11-12(14)8-19-15(11)16/h5,7H,6,8H2,1-4H3. The van der Waals surface area contributed by atoms with E-state index in [9.17, 15) is 4.79 Å². The highest BCUT2D eigenvalue weighted by molar-refractivity contribution is 5.95. The number of hydrogen-bond acceptors (Lipinski definition) is 4. The number of hydrogen-bond donors (Lipinski definition) is 0. The summed E-state index contributed by atoms with van der Waals surface area (Å²) in [6, 6.07) is 1.72. The molecule has 19 heavy (non-hydrogen) atoms. The number of benzene rings is 1. The van der Waals surface area contributed by atoms with Crippen LogP contribution in [-0.2, 0) is 11.3 Å². The Balaban J connectivity index is 2.40. The van der Waals surface area contributed by atoms with E-state index in [0.717, 1.165) is 11.1 Å². The van der Waals surface area contributed by atoms with E-state index in [0.29, 0.717) is 23.7 Å². The highest BCUT2D eigenvalue weighted by Gasteiger charge is 2.28. The first-order valence-electron chi connectivity index (χ1n) is 6.18. The summed E-state index contributed by atoms with van der Waals surface area (Å²) in [5.41, 5.74) is 3.42. The maximum atomic E-state index is 11.6. The molecule has 0 saturated carbocycles. The fraction of sp³-hybridized carbons (Fsp3) is 0.400. The number of esters is 1. The number of methoxy groups -OCH3 is 1. The molecule has 0 amide bonds. The van der Waals surface area contributed by atoms with E-state index in [2.05, 4.69) is 0 Å². The summed E-state index contributed by atoms with van der Waals surface area (Å²) in [5.74, 6) is 1.02. The van der Waals surface area contributed by atoms with Gasteiger partial charge in [-0.1, -0.05) is 5.57 Å².